The number of esters is 2. The quantitative estimate of drug-likeness (QED) is 0.0201. The van der Waals surface area contributed by atoms with Crippen molar-refractivity contribution in [3.05, 3.63) is 108 Å². The van der Waals surface area contributed by atoms with E-state index in [-0.39, 0.29) is 13.2 Å². The molecule has 0 saturated heterocycles. The number of rotatable bonds is 78. The van der Waals surface area contributed by atoms with Crippen LogP contribution in [0.15, 0.2) is 97.1 Å². The van der Waals surface area contributed by atoms with Crippen LogP contribution in [0.2, 0.25) is 0 Å². The molecule has 0 heterocycles. The lowest BCUT2D eigenvalue weighted by atomic mass is 9.93. The molecule has 0 atom stereocenters. The van der Waals surface area contributed by atoms with E-state index in [4.69, 9.17) is 66.3 Å². The maximum atomic E-state index is 13.4. The minimum absolute atomic E-state index is 0.277. The Morgan fingerprint density at radius 2 is 0.258 bits per heavy atom. The van der Waals surface area contributed by atoms with Gasteiger partial charge in [0.2, 0.25) is 0 Å². The molecule has 730 valence electrons. The zero-order chi connectivity index (χ0) is 93.2. The molecule has 16 nitrogen and oxygen atoms in total. The van der Waals surface area contributed by atoms with Crippen molar-refractivity contribution in [2.45, 2.75) is 377 Å². The van der Waals surface area contributed by atoms with Crippen LogP contribution in [0, 0.1) is 0 Å². The predicted octanol–water partition coefficient (Wildman–Crippen LogP) is 33.8. The molecule has 0 saturated carbocycles. The van der Waals surface area contributed by atoms with Crippen LogP contribution in [0.3, 0.4) is 0 Å². The third-order valence-electron chi connectivity index (χ3n) is 25.2. The molecular formula is C116H170O16. The molecule has 0 radical (unpaired) electrons. The highest BCUT2D eigenvalue weighted by molar-refractivity contribution is 6.28. The normalized spacial score (nSPS) is 11.5. The molecule has 9 rings (SSSR count). The maximum absolute atomic E-state index is 13.4. The van der Waals surface area contributed by atoms with Gasteiger partial charge < -0.3 is 66.3 Å². The molecule has 0 spiro atoms. The molecule has 16 heteroatoms. The van der Waals surface area contributed by atoms with Gasteiger partial charge in [0.1, 0.15) is 0 Å². The summed E-state index contributed by atoms with van der Waals surface area (Å²) in [6, 6.07) is 33.0. The van der Waals surface area contributed by atoms with E-state index in [1.165, 1.54) is 51.4 Å². The number of carbonyl (C=O) groups excluding carboxylic acids is 2. The molecule has 0 fully saturated rings. The molecule has 132 heavy (non-hydrogen) atoms. The first-order valence-electron chi connectivity index (χ1n) is 53.1. The number of hydrogen-bond donors (Lipinski definition) is 0. The third-order valence-corrected chi connectivity index (χ3v) is 25.2. The highest BCUT2D eigenvalue weighted by atomic mass is 16.6. The Morgan fingerprint density at radius 3 is 0.371 bits per heavy atom. The third kappa shape index (κ3) is 35.7. The molecule has 9 aromatic rings. The average Bonchev–Trinajstić information content (AvgIpc) is 0.729. The molecule has 0 aliphatic rings. The monoisotopic (exact) mass is 1820 g/mol. The second-order valence-corrected chi connectivity index (χ2v) is 36.5. The van der Waals surface area contributed by atoms with Crippen LogP contribution in [0.4, 0.5) is 0 Å². The first-order chi connectivity index (χ1) is 65.0. The van der Waals surface area contributed by atoms with Gasteiger partial charge in [-0.1, -0.05) is 262 Å². The summed E-state index contributed by atoms with van der Waals surface area (Å²) in [6.45, 7) is 30.0. The molecule has 0 amide bonds. The Morgan fingerprint density at radius 1 is 0.152 bits per heavy atom. The summed E-state index contributed by atoms with van der Waals surface area (Å²) in [6.07, 6.45) is 50.5. The number of hydrogen-bond acceptors (Lipinski definition) is 16. The second kappa shape index (κ2) is 64.1. The Labute approximate surface area is 795 Å². The molecule has 0 unspecified atom stereocenters. The van der Waals surface area contributed by atoms with Crippen molar-refractivity contribution in [1.82, 2.24) is 0 Å². The van der Waals surface area contributed by atoms with E-state index in [0.29, 0.717) is 115 Å². The fourth-order valence-corrected chi connectivity index (χ4v) is 17.2. The lowest BCUT2D eigenvalue weighted by molar-refractivity contribution is 0.0483. The number of benzene rings is 9. The number of fused-ring (bicyclic) bond motifs is 12. The highest BCUT2D eigenvalue weighted by Crippen LogP contribution is 2.51. The Balaban J connectivity index is 0.831. The number of unbranched alkanes of at least 4 members (excludes halogenated alkanes) is 36. The van der Waals surface area contributed by atoms with Crippen LogP contribution in [-0.4, -0.2) is 104 Å². The topological polar surface area (TPSA) is 163 Å². The minimum atomic E-state index is -0.426. The van der Waals surface area contributed by atoms with Crippen molar-refractivity contribution < 1.29 is 75.9 Å². The first kappa shape index (κ1) is 107. The highest BCUT2D eigenvalue weighted by Gasteiger charge is 2.25. The van der Waals surface area contributed by atoms with Crippen molar-refractivity contribution in [3.8, 4) is 69.0 Å². The standard InChI is InChI=1S/C116H170O16/c1-11-21-31-45-63-119-103-77-91-93-79-105(121-65-47-33-23-13-3)109(125-69-51-37-27-17-7)83-97(93)101-87-113(111(127-71-53-39-29-19-9)85-99(101)95(91)81-107(103)123-67-49-35-25-15-5)129-73-55-41-43-57-75-131-115(117)89-59-61-90(62-60-89)116(118)132-76-58-44-42-56-74-130-114-88-102-98-84-110(126-70-52-38-28-18-8)106(122-66-48-34-24-14-4)80-94(98)92-78-104(120-64-46-32-22-12-2)108(124-68-50-36-26-16-6)82-96(92)100(102)86-112(114)128-72-54-40-30-20-10/h59-62,77-88H,11-58,63-76H2,1-10H3. The van der Waals surface area contributed by atoms with E-state index in [0.717, 1.165) is 366 Å². The SMILES string of the molecule is CCCCCCOc1cc2c3cc(OCCCCCC)c(OCCCCCC)cc3c3cc(OCCCCCCOC(=O)c4ccc(C(=O)OCCCCCCOc5cc6c7cc(OCCCCCC)c(OCCCCCC)cc7c7cc(OCCCCCC)c(OCCCCCC)cc7c6cc5OCCCCCC)cc4)c(OCCCCCC)cc3c2cc1OCCCCCC. The maximum Gasteiger partial charge on any atom is 0.338 e. The fraction of sp³-hybridized carbons (Fsp3) is 0.621. The van der Waals surface area contributed by atoms with Gasteiger partial charge in [-0.3, -0.25) is 0 Å². The van der Waals surface area contributed by atoms with Gasteiger partial charge in [-0.15, -0.1) is 0 Å². The van der Waals surface area contributed by atoms with E-state index in [1.54, 1.807) is 24.3 Å². The molecule has 0 N–H and O–H groups in total. The lowest BCUT2D eigenvalue weighted by Gasteiger charge is -2.21. The lowest BCUT2D eigenvalue weighted by Crippen LogP contribution is -2.09. The Hall–Kier alpha value is -8.92. The van der Waals surface area contributed by atoms with E-state index in [9.17, 15) is 9.59 Å². The fourth-order valence-electron chi connectivity index (χ4n) is 17.2. The van der Waals surface area contributed by atoms with Gasteiger partial charge in [-0.25, -0.2) is 9.59 Å². The van der Waals surface area contributed by atoms with Gasteiger partial charge in [0, 0.05) is 0 Å². The van der Waals surface area contributed by atoms with Gasteiger partial charge in [0.15, 0.2) is 69.0 Å². The molecule has 0 aliphatic heterocycles. The number of ether oxygens (including phenoxy) is 14. The van der Waals surface area contributed by atoms with Crippen LogP contribution in [0.25, 0.3) is 64.6 Å². The molecular weight excluding hydrogens is 1650 g/mol. The van der Waals surface area contributed by atoms with Gasteiger partial charge >= 0.3 is 11.9 Å². The zero-order valence-corrected chi connectivity index (χ0v) is 83.6. The van der Waals surface area contributed by atoms with Crippen molar-refractivity contribution in [3.63, 3.8) is 0 Å². The van der Waals surface area contributed by atoms with Gasteiger partial charge in [-0.2, -0.15) is 0 Å². The summed E-state index contributed by atoms with van der Waals surface area (Å²) in [4.78, 5) is 26.8. The second-order valence-electron chi connectivity index (χ2n) is 36.5. The summed E-state index contributed by atoms with van der Waals surface area (Å²) >= 11 is 0. The van der Waals surface area contributed by atoms with E-state index >= 15 is 0 Å². The van der Waals surface area contributed by atoms with E-state index in [2.05, 4.69) is 142 Å². The summed E-state index contributed by atoms with van der Waals surface area (Å²) in [5.74, 6) is 8.10. The molecule has 0 aromatic heterocycles. The van der Waals surface area contributed by atoms with Crippen LogP contribution in [-0.2, 0) is 9.47 Å². The van der Waals surface area contributed by atoms with Gasteiger partial charge in [0.25, 0.3) is 0 Å². The largest absolute Gasteiger partial charge is 0.490 e. The molecule has 9 aromatic carbocycles. The van der Waals surface area contributed by atoms with E-state index in [1.807, 2.05) is 0 Å². The summed E-state index contributed by atoms with van der Waals surface area (Å²) < 4.78 is 92.9. The van der Waals surface area contributed by atoms with Crippen LogP contribution in [0.1, 0.15) is 398 Å². The van der Waals surface area contributed by atoms with Crippen LogP contribution < -0.4 is 56.8 Å². The van der Waals surface area contributed by atoms with Gasteiger partial charge in [0.05, 0.1) is 104 Å². The summed E-state index contributed by atoms with van der Waals surface area (Å²) in [7, 11) is 0. The number of carbonyl (C=O) groups is 2. The minimum Gasteiger partial charge on any atom is -0.490 e. The van der Waals surface area contributed by atoms with Crippen molar-refractivity contribution in [1.29, 1.82) is 0 Å². The van der Waals surface area contributed by atoms with Crippen molar-refractivity contribution in [2.24, 2.45) is 0 Å². The summed E-state index contributed by atoms with van der Waals surface area (Å²) in [5.41, 5.74) is 0.767. The Kier molecular flexibility index (Phi) is 51.9. The molecule has 0 aliphatic carbocycles. The average molecular weight is 1820 g/mol. The molecule has 0 bridgehead atoms. The Bertz CT molecular complexity index is 4350. The van der Waals surface area contributed by atoms with Crippen molar-refractivity contribution in [2.75, 3.05) is 92.5 Å². The van der Waals surface area contributed by atoms with Crippen LogP contribution >= 0.6 is 0 Å². The zero-order valence-electron chi connectivity index (χ0n) is 83.6. The first-order valence-corrected chi connectivity index (χ1v) is 53.1. The van der Waals surface area contributed by atoms with Crippen LogP contribution in [0.5, 0.6) is 69.0 Å². The summed E-state index contributed by atoms with van der Waals surface area (Å²) in [5, 5.41) is 12.6. The predicted molar refractivity (Wildman–Crippen MR) is 549 cm³/mol. The van der Waals surface area contributed by atoms with E-state index < -0.39 is 11.9 Å². The smallest absolute Gasteiger partial charge is 0.338 e. The van der Waals surface area contributed by atoms with Gasteiger partial charge in [-0.05, 0) is 277 Å². The van der Waals surface area contributed by atoms with Crippen molar-refractivity contribution >= 4 is 76.6 Å².